The molecule has 3 N–H and O–H groups in total. The van der Waals surface area contributed by atoms with Gasteiger partial charge in [-0.1, -0.05) is 11.6 Å². The summed E-state index contributed by atoms with van der Waals surface area (Å²) in [6.07, 6.45) is 0. The number of urea groups is 1. The Hall–Kier alpha value is -2.80. The largest absolute Gasteiger partial charge is 0.484 e. The summed E-state index contributed by atoms with van der Waals surface area (Å²) >= 11 is 5.65. The van der Waals surface area contributed by atoms with Crippen LogP contribution < -0.4 is 20.7 Å². The second-order valence-corrected chi connectivity index (χ2v) is 6.15. The Morgan fingerprint density at radius 1 is 1.08 bits per heavy atom. The van der Waals surface area contributed by atoms with Crippen LogP contribution in [0.4, 0.5) is 20.6 Å². The number of halogens is 2. The van der Waals surface area contributed by atoms with Gasteiger partial charge in [0.1, 0.15) is 11.6 Å². The Morgan fingerprint density at radius 2 is 1.69 bits per heavy atom. The van der Waals surface area contributed by atoms with Gasteiger partial charge < -0.3 is 20.7 Å². The van der Waals surface area contributed by atoms with Crippen molar-refractivity contribution in [3.63, 3.8) is 0 Å². The maximum Gasteiger partial charge on any atom is 0.319 e. The van der Waals surface area contributed by atoms with Crippen molar-refractivity contribution in [3.8, 4) is 5.75 Å². The first-order chi connectivity index (χ1) is 12.3. The number of nitrogens with one attached hydrogen (secondary N) is 3. The third-order valence-corrected chi connectivity index (χ3v) is 3.40. The van der Waals surface area contributed by atoms with Gasteiger partial charge in [0.25, 0.3) is 5.91 Å². The van der Waals surface area contributed by atoms with Crippen LogP contribution >= 0.6 is 11.6 Å². The third-order valence-electron chi connectivity index (χ3n) is 3.11. The Labute approximate surface area is 155 Å². The van der Waals surface area contributed by atoms with Gasteiger partial charge in [-0.15, -0.1) is 0 Å². The van der Waals surface area contributed by atoms with Crippen LogP contribution in [0.1, 0.15) is 13.8 Å². The van der Waals surface area contributed by atoms with E-state index >= 15 is 0 Å². The fraction of sp³-hybridized carbons (Fsp3) is 0.222. The van der Waals surface area contributed by atoms with E-state index in [0.717, 1.165) is 6.07 Å². The molecule has 2 aromatic rings. The zero-order valence-electron chi connectivity index (χ0n) is 14.3. The monoisotopic (exact) mass is 379 g/mol. The minimum atomic E-state index is -0.556. The number of benzene rings is 2. The first-order valence-corrected chi connectivity index (χ1v) is 8.26. The molecule has 2 rings (SSSR count). The Balaban J connectivity index is 1.83. The zero-order chi connectivity index (χ0) is 19.1. The average molecular weight is 380 g/mol. The highest BCUT2D eigenvalue weighted by atomic mass is 35.5. The number of ether oxygens (including phenoxy) is 1. The normalized spacial score (nSPS) is 10.3. The predicted molar refractivity (Wildman–Crippen MR) is 99.3 cm³/mol. The zero-order valence-corrected chi connectivity index (χ0v) is 15.1. The van der Waals surface area contributed by atoms with Crippen LogP contribution in [0, 0.1) is 5.82 Å². The van der Waals surface area contributed by atoms with Crippen molar-refractivity contribution in [1.82, 2.24) is 5.32 Å². The lowest BCUT2D eigenvalue weighted by atomic mass is 10.3. The van der Waals surface area contributed by atoms with Gasteiger partial charge in [0.2, 0.25) is 0 Å². The molecule has 0 saturated heterocycles. The number of carbonyl (C=O) groups is 2. The first kappa shape index (κ1) is 19.5. The second kappa shape index (κ2) is 9.05. The fourth-order valence-electron chi connectivity index (χ4n) is 1.98. The molecule has 0 radical (unpaired) electrons. The summed E-state index contributed by atoms with van der Waals surface area (Å²) < 4.78 is 18.3. The van der Waals surface area contributed by atoms with E-state index in [0.29, 0.717) is 17.1 Å². The fourth-order valence-corrected chi connectivity index (χ4v) is 2.15. The summed E-state index contributed by atoms with van der Waals surface area (Å²) in [6.45, 7) is 3.47. The van der Waals surface area contributed by atoms with Crippen LogP contribution in [-0.4, -0.2) is 24.6 Å². The van der Waals surface area contributed by atoms with E-state index in [4.69, 9.17) is 16.3 Å². The van der Waals surface area contributed by atoms with Crippen molar-refractivity contribution in [3.05, 3.63) is 53.3 Å². The Bertz CT molecular complexity index is 782. The molecular weight excluding hydrogens is 361 g/mol. The van der Waals surface area contributed by atoms with E-state index < -0.39 is 5.82 Å². The van der Waals surface area contributed by atoms with Gasteiger partial charge in [-0.3, -0.25) is 4.79 Å². The molecule has 0 saturated carbocycles. The molecule has 6 nitrogen and oxygen atoms in total. The summed E-state index contributed by atoms with van der Waals surface area (Å²) in [4.78, 5) is 23.5. The third kappa shape index (κ3) is 6.25. The molecule has 0 fully saturated rings. The highest BCUT2D eigenvalue weighted by Gasteiger charge is 2.07. The molecule has 138 valence electrons. The predicted octanol–water partition coefficient (Wildman–Crippen LogP) is 4.03. The summed E-state index contributed by atoms with van der Waals surface area (Å²) in [5.74, 6) is -0.648. The Morgan fingerprint density at radius 3 is 2.27 bits per heavy atom. The maximum absolute atomic E-state index is 13.1. The van der Waals surface area contributed by atoms with Gasteiger partial charge >= 0.3 is 6.03 Å². The van der Waals surface area contributed by atoms with E-state index in [9.17, 15) is 14.0 Å². The van der Waals surface area contributed by atoms with E-state index in [-0.39, 0.29) is 29.6 Å². The SMILES string of the molecule is CC(C)NC(=O)Nc1ccc(NC(=O)COc2ccc(F)c(Cl)c2)cc1. The van der Waals surface area contributed by atoms with Gasteiger partial charge in [-0.05, 0) is 50.2 Å². The van der Waals surface area contributed by atoms with Crippen molar-refractivity contribution in [2.45, 2.75) is 19.9 Å². The molecule has 0 aliphatic rings. The van der Waals surface area contributed by atoms with Crippen molar-refractivity contribution in [2.24, 2.45) is 0 Å². The lowest BCUT2D eigenvalue weighted by Crippen LogP contribution is -2.34. The van der Waals surface area contributed by atoms with E-state index in [1.807, 2.05) is 13.8 Å². The molecule has 0 atom stereocenters. The average Bonchev–Trinajstić information content (AvgIpc) is 2.57. The summed E-state index contributed by atoms with van der Waals surface area (Å²) in [5.41, 5.74) is 1.14. The van der Waals surface area contributed by atoms with Gasteiger partial charge in [0.15, 0.2) is 6.61 Å². The molecule has 0 unspecified atom stereocenters. The number of anilines is 2. The molecular formula is C18H19ClFN3O3. The van der Waals surface area contributed by atoms with E-state index in [1.54, 1.807) is 24.3 Å². The number of hydrogen-bond acceptors (Lipinski definition) is 3. The highest BCUT2D eigenvalue weighted by Crippen LogP contribution is 2.21. The van der Waals surface area contributed by atoms with Gasteiger partial charge in [-0.25, -0.2) is 9.18 Å². The number of carbonyl (C=O) groups excluding carboxylic acids is 2. The molecule has 0 bridgehead atoms. The quantitative estimate of drug-likeness (QED) is 0.709. The molecule has 26 heavy (non-hydrogen) atoms. The molecule has 8 heteroatoms. The molecule has 0 aromatic heterocycles. The number of hydrogen-bond donors (Lipinski definition) is 3. The van der Waals surface area contributed by atoms with Gasteiger partial charge in [-0.2, -0.15) is 0 Å². The first-order valence-electron chi connectivity index (χ1n) is 7.89. The van der Waals surface area contributed by atoms with Crippen molar-refractivity contribution < 1.29 is 18.7 Å². The van der Waals surface area contributed by atoms with E-state index in [2.05, 4.69) is 16.0 Å². The van der Waals surface area contributed by atoms with Crippen LogP contribution in [0.3, 0.4) is 0 Å². The van der Waals surface area contributed by atoms with Crippen molar-refractivity contribution >= 4 is 34.9 Å². The maximum atomic E-state index is 13.1. The number of rotatable bonds is 6. The lowest BCUT2D eigenvalue weighted by molar-refractivity contribution is -0.118. The van der Waals surface area contributed by atoms with Crippen LogP contribution in [0.5, 0.6) is 5.75 Å². The standard InChI is InChI=1S/C18H19ClFN3O3/c1-11(2)21-18(25)23-13-5-3-12(4-6-13)22-17(24)10-26-14-7-8-16(20)15(19)9-14/h3-9,11H,10H2,1-2H3,(H,22,24)(H2,21,23,25). The Kier molecular flexibility index (Phi) is 6.80. The molecule has 0 heterocycles. The van der Waals surface area contributed by atoms with Gasteiger partial charge in [0.05, 0.1) is 5.02 Å². The number of amides is 3. The van der Waals surface area contributed by atoms with Gasteiger partial charge in [0, 0.05) is 23.5 Å². The molecule has 0 aliphatic carbocycles. The second-order valence-electron chi connectivity index (χ2n) is 5.74. The molecule has 0 spiro atoms. The highest BCUT2D eigenvalue weighted by molar-refractivity contribution is 6.30. The lowest BCUT2D eigenvalue weighted by Gasteiger charge is -2.11. The topological polar surface area (TPSA) is 79.5 Å². The minimum Gasteiger partial charge on any atom is -0.484 e. The molecule has 0 aliphatic heterocycles. The summed E-state index contributed by atoms with van der Waals surface area (Å²) in [5, 5.41) is 7.96. The van der Waals surface area contributed by atoms with E-state index in [1.165, 1.54) is 12.1 Å². The van der Waals surface area contributed by atoms with Crippen LogP contribution in [0.15, 0.2) is 42.5 Å². The van der Waals surface area contributed by atoms with Crippen LogP contribution in [0.25, 0.3) is 0 Å². The minimum absolute atomic E-state index is 0.0320. The molecule has 2 aromatic carbocycles. The smallest absolute Gasteiger partial charge is 0.319 e. The van der Waals surface area contributed by atoms with Crippen LogP contribution in [0.2, 0.25) is 5.02 Å². The summed E-state index contributed by atoms with van der Waals surface area (Å²) in [6, 6.07) is 10.2. The summed E-state index contributed by atoms with van der Waals surface area (Å²) in [7, 11) is 0. The van der Waals surface area contributed by atoms with Crippen LogP contribution in [-0.2, 0) is 4.79 Å². The van der Waals surface area contributed by atoms with Crippen molar-refractivity contribution in [1.29, 1.82) is 0 Å². The molecule has 3 amide bonds. The van der Waals surface area contributed by atoms with Crippen molar-refractivity contribution in [2.75, 3.05) is 17.2 Å².